The van der Waals surface area contributed by atoms with Crippen molar-refractivity contribution in [2.45, 2.75) is 32.2 Å². The third kappa shape index (κ3) is 4.70. The Hall–Kier alpha value is -3.61. The molecule has 1 fully saturated rings. The van der Waals surface area contributed by atoms with E-state index in [0.717, 1.165) is 12.1 Å². The summed E-state index contributed by atoms with van der Waals surface area (Å²) >= 11 is 0. The maximum absolute atomic E-state index is 13.5. The molecule has 1 aromatic carbocycles. The number of fused-ring (bicyclic) bond motifs is 1. The summed E-state index contributed by atoms with van der Waals surface area (Å²) in [7, 11) is -3.80. The maximum Gasteiger partial charge on any atom is 0.262 e. The average Bonchev–Trinajstić information content (AvgIpc) is 3.33. The Kier molecular flexibility index (Phi) is 7.28. The number of pyridine rings is 1. The standard InChI is InChI=1S/C26H31N7O4S/c1-4-31-12-14-32(15-13-31)38(35,36)19-16-20(26(27-17-19)37-6-3)23-28-24-21(25(34)29-23)22(30-33(24)5-2)18-10-8-7-9-11-18/h7-11,16-17H,4-6,12-15H2,1-3H3,(H,28,29,34). The fourth-order valence-corrected chi connectivity index (χ4v) is 6.05. The highest BCUT2D eigenvalue weighted by Gasteiger charge is 2.30. The number of nitrogens with zero attached hydrogens (tertiary/aromatic N) is 6. The molecule has 0 bridgehead atoms. The van der Waals surface area contributed by atoms with Crippen molar-refractivity contribution in [2.24, 2.45) is 0 Å². The quantitative estimate of drug-likeness (QED) is 0.364. The van der Waals surface area contributed by atoms with Crippen LogP contribution in [0.25, 0.3) is 33.7 Å². The Labute approximate surface area is 221 Å². The number of hydrogen-bond acceptors (Lipinski definition) is 8. The monoisotopic (exact) mass is 537 g/mol. The zero-order chi connectivity index (χ0) is 26.9. The molecular weight excluding hydrogens is 506 g/mol. The first-order chi connectivity index (χ1) is 18.4. The lowest BCUT2D eigenvalue weighted by Gasteiger charge is -2.33. The van der Waals surface area contributed by atoms with E-state index in [1.54, 1.807) is 11.6 Å². The first-order valence-electron chi connectivity index (χ1n) is 12.8. The lowest BCUT2D eigenvalue weighted by Crippen LogP contribution is -2.48. The van der Waals surface area contributed by atoms with Gasteiger partial charge in [0.15, 0.2) is 5.65 Å². The van der Waals surface area contributed by atoms with Crippen molar-refractivity contribution in [3.63, 3.8) is 0 Å². The highest BCUT2D eigenvalue weighted by Crippen LogP contribution is 2.31. The molecule has 1 aliphatic heterocycles. The summed E-state index contributed by atoms with van der Waals surface area (Å²) in [6.45, 7) is 9.61. The fraction of sp³-hybridized carbons (Fsp3) is 0.385. The molecule has 1 saturated heterocycles. The Morgan fingerprint density at radius 2 is 1.76 bits per heavy atom. The number of benzene rings is 1. The van der Waals surface area contributed by atoms with Crippen molar-refractivity contribution in [1.29, 1.82) is 0 Å². The highest BCUT2D eigenvalue weighted by atomic mass is 32.2. The van der Waals surface area contributed by atoms with Crippen LogP contribution in [0.4, 0.5) is 0 Å². The van der Waals surface area contributed by atoms with Crippen molar-refractivity contribution in [3.05, 3.63) is 52.9 Å². The minimum absolute atomic E-state index is 0.0256. The number of ether oxygens (including phenoxy) is 1. The number of aromatic amines is 1. The molecule has 0 unspecified atom stereocenters. The van der Waals surface area contributed by atoms with E-state index in [9.17, 15) is 13.2 Å². The van der Waals surface area contributed by atoms with E-state index in [2.05, 4.69) is 26.9 Å². The number of H-pyrrole nitrogens is 1. The molecule has 5 rings (SSSR count). The van der Waals surface area contributed by atoms with Gasteiger partial charge in [-0.1, -0.05) is 37.3 Å². The molecular formula is C26H31N7O4S. The van der Waals surface area contributed by atoms with E-state index < -0.39 is 10.0 Å². The van der Waals surface area contributed by atoms with Crippen LogP contribution in [0.2, 0.25) is 0 Å². The second kappa shape index (κ2) is 10.6. The van der Waals surface area contributed by atoms with Gasteiger partial charge >= 0.3 is 0 Å². The molecule has 4 aromatic rings. The number of nitrogens with one attached hydrogen (secondary N) is 1. The molecule has 1 aliphatic rings. The zero-order valence-corrected chi connectivity index (χ0v) is 22.5. The summed E-state index contributed by atoms with van der Waals surface area (Å²) in [5.74, 6) is 0.358. The minimum atomic E-state index is -3.80. The van der Waals surface area contributed by atoms with E-state index in [4.69, 9.17) is 9.72 Å². The van der Waals surface area contributed by atoms with Gasteiger partial charge in [0, 0.05) is 38.3 Å². The van der Waals surface area contributed by atoms with Crippen LogP contribution >= 0.6 is 0 Å². The number of likely N-dealkylation sites (N-methyl/N-ethyl adjacent to an activating group) is 1. The smallest absolute Gasteiger partial charge is 0.262 e. The normalized spacial score (nSPS) is 15.2. The van der Waals surface area contributed by atoms with Crippen LogP contribution in [-0.2, 0) is 16.6 Å². The summed E-state index contributed by atoms with van der Waals surface area (Å²) in [6.07, 6.45) is 1.30. The number of aromatic nitrogens is 5. The number of piperazine rings is 1. The SMILES string of the molecule is CCOc1ncc(S(=O)(=O)N2CCN(CC)CC2)cc1-c1nc2c(c(-c3ccccc3)nn2CC)c(=O)[nH]1. The van der Waals surface area contributed by atoms with E-state index in [-0.39, 0.29) is 22.2 Å². The Morgan fingerprint density at radius 1 is 1.03 bits per heavy atom. The molecule has 200 valence electrons. The number of sulfonamides is 1. The summed E-state index contributed by atoms with van der Waals surface area (Å²) in [6, 6.07) is 10.9. The Bertz CT molecular complexity index is 1610. The van der Waals surface area contributed by atoms with Crippen molar-refractivity contribution >= 4 is 21.1 Å². The van der Waals surface area contributed by atoms with Crippen LogP contribution in [0, 0.1) is 0 Å². The summed E-state index contributed by atoms with van der Waals surface area (Å²) < 4.78 is 35.8. The van der Waals surface area contributed by atoms with Crippen molar-refractivity contribution in [2.75, 3.05) is 39.3 Å². The molecule has 3 aromatic heterocycles. The molecule has 11 nitrogen and oxygen atoms in total. The molecule has 1 N–H and O–H groups in total. The van der Waals surface area contributed by atoms with E-state index in [0.29, 0.717) is 61.6 Å². The van der Waals surface area contributed by atoms with Crippen LogP contribution in [0.3, 0.4) is 0 Å². The Morgan fingerprint density at radius 3 is 2.42 bits per heavy atom. The first kappa shape index (κ1) is 26.0. The van der Waals surface area contributed by atoms with Gasteiger partial charge in [-0.15, -0.1) is 0 Å². The van der Waals surface area contributed by atoms with Gasteiger partial charge in [-0.25, -0.2) is 23.1 Å². The summed E-state index contributed by atoms with van der Waals surface area (Å²) in [5.41, 5.74) is 1.65. The van der Waals surface area contributed by atoms with Crippen LogP contribution in [0.1, 0.15) is 20.8 Å². The molecule has 0 atom stereocenters. The Balaban J connectivity index is 1.63. The third-order valence-corrected chi connectivity index (χ3v) is 8.59. The van der Waals surface area contributed by atoms with E-state index in [1.165, 1.54) is 16.6 Å². The molecule has 12 heteroatoms. The predicted molar refractivity (Wildman–Crippen MR) is 145 cm³/mol. The molecule has 38 heavy (non-hydrogen) atoms. The highest BCUT2D eigenvalue weighted by molar-refractivity contribution is 7.89. The lowest BCUT2D eigenvalue weighted by molar-refractivity contribution is 0.196. The van der Waals surface area contributed by atoms with Gasteiger partial charge in [0.1, 0.15) is 21.8 Å². The zero-order valence-electron chi connectivity index (χ0n) is 21.7. The van der Waals surface area contributed by atoms with E-state index in [1.807, 2.05) is 37.3 Å². The molecule has 0 spiro atoms. The largest absolute Gasteiger partial charge is 0.477 e. The van der Waals surface area contributed by atoms with Gasteiger partial charge in [-0.05, 0) is 26.5 Å². The van der Waals surface area contributed by atoms with Gasteiger partial charge in [-0.2, -0.15) is 9.40 Å². The predicted octanol–water partition coefficient (Wildman–Crippen LogP) is 2.59. The molecule has 0 saturated carbocycles. The van der Waals surface area contributed by atoms with Crippen LogP contribution in [-0.4, -0.2) is 81.7 Å². The lowest BCUT2D eigenvalue weighted by atomic mass is 10.1. The van der Waals surface area contributed by atoms with Crippen molar-refractivity contribution < 1.29 is 13.2 Å². The second-order valence-corrected chi connectivity index (χ2v) is 10.9. The number of rotatable bonds is 8. The van der Waals surface area contributed by atoms with Gasteiger partial charge in [0.2, 0.25) is 15.9 Å². The van der Waals surface area contributed by atoms with Gasteiger partial charge in [0.25, 0.3) is 5.56 Å². The number of aryl methyl sites for hydroxylation is 1. The van der Waals surface area contributed by atoms with Crippen LogP contribution in [0.5, 0.6) is 5.88 Å². The maximum atomic E-state index is 13.5. The first-order valence-corrected chi connectivity index (χ1v) is 14.2. The van der Waals surface area contributed by atoms with Gasteiger partial charge in [-0.3, -0.25) is 4.79 Å². The van der Waals surface area contributed by atoms with Crippen LogP contribution < -0.4 is 10.3 Å². The number of hydrogen-bond donors (Lipinski definition) is 1. The van der Waals surface area contributed by atoms with Gasteiger partial charge in [0.05, 0.1) is 18.4 Å². The molecule has 0 aliphatic carbocycles. The third-order valence-electron chi connectivity index (χ3n) is 6.73. The van der Waals surface area contributed by atoms with Crippen LogP contribution in [0.15, 0.2) is 52.3 Å². The summed E-state index contributed by atoms with van der Waals surface area (Å²) in [5, 5.41) is 5.01. The fourth-order valence-electron chi connectivity index (χ4n) is 4.66. The topological polar surface area (TPSA) is 126 Å². The minimum Gasteiger partial charge on any atom is -0.477 e. The molecule has 4 heterocycles. The molecule has 0 amide bonds. The summed E-state index contributed by atoms with van der Waals surface area (Å²) in [4.78, 5) is 27.5. The van der Waals surface area contributed by atoms with Crippen molar-refractivity contribution in [1.82, 2.24) is 33.9 Å². The molecule has 0 radical (unpaired) electrons. The van der Waals surface area contributed by atoms with Gasteiger partial charge < -0.3 is 14.6 Å². The average molecular weight is 538 g/mol. The second-order valence-electron chi connectivity index (χ2n) is 8.94. The van der Waals surface area contributed by atoms with Crippen molar-refractivity contribution in [3.8, 4) is 28.5 Å². The van der Waals surface area contributed by atoms with E-state index >= 15 is 0 Å².